The van der Waals surface area contributed by atoms with E-state index in [-0.39, 0.29) is 16.6 Å². The quantitative estimate of drug-likeness (QED) is 0.870. The van der Waals surface area contributed by atoms with E-state index in [0.29, 0.717) is 11.1 Å². The molecule has 4 nitrogen and oxygen atoms in total. The Morgan fingerprint density at radius 3 is 2.53 bits per heavy atom. The van der Waals surface area contributed by atoms with Crippen molar-refractivity contribution in [2.75, 3.05) is 5.94 Å². The van der Waals surface area contributed by atoms with Crippen molar-refractivity contribution in [2.24, 2.45) is 0 Å². The van der Waals surface area contributed by atoms with Gasteiger partial charge in [-0.2, -0.15) is 0 Å². The van der Waals surface area contributed by atoms with Gasteiger partial charge in [0, 0.05) is 0 Å². The molecule has 0 aliphatic carbocycles. The highest BCUT2D eigenvalue weighted by atomic mass is 32.2. The number of phenolic OH excluding ortho intramolecular Hbond substituents is 1. The molecule has 3 rings (SSSR count). The van der Waals surface area contributed by atoms with Crippen molar-refractivity contribution in [3.63, 3.8) is 0 Å². The third-order valence-corrected chi connectivity index (χ3v) is 4.36. The van der Waals surface area contributed by atoms with E-state index in [0.717, 1.165) is 0 Å². The van der Waals surface area contributed by atoms with Crippen molar-refractivity contribution in [1.82, 2.24) is 0 Å². The zero-order valence-corrected chi connectivity index (χ0v) is 10.4. The van der Waals surface area contributed by atoms with E-state index in [1.54, 1.807) is 18.2 Å². The Bertz CT molecular complexity index is 768. The Hall–Kier alpha value is -2.08. The third kappa shape index (κ3) is 1.94. The summed E-state index contributed by atoms with van der Waals surface area (Å²) in [5.41, 5.74) is 1.15. The molecule has 0 amide bonds. The highest BCUT2D eigenvalue weighted by Gasteiger charge is 2.28. The minimum atomic E-state index is -3.36. The predicted octanol–water partition coefficient (Wildman–Crippen LogP) is 2.32. The molecule has 19 heavy (non-hydrogen) atoms. The molecule has 2 aromatic rings. The maximum atomic E-state index is 13.3. The maximum absolute atomic E-state index is 13.3. The molecule has 6 heteroatoms. The van der Waals surface area contributed by atoms with Gasteiger partial charge in [-0.15, -0.1) is 0 Å². The van der Waals surface area contributed by atoms with Gasteiger partial charge >= 0.3 is 0 Å². The minimum Gasteiger partial charge on any atom is -0.505 e. The van der Waals surface area contributed by atoms with E-state index in [2.05, 4.69) is 0 Å². The fourth-order valence-electron chi connectivity index (χ4n) is 1.95. The van der Waals surface area contributed by atoms with Crippen molar-refractivity contribution in [1.29, 1.82) is 0 Å². The second kappa shape index (κ2) is 3.96. The molecule has 1 aliphatic heterocycles. The largest absolute Gasteiger partial charge is 0.505 e. The maximum Gasteiger partial charge on any atom is 0.216 e. The van der Waals surface area contributed by atoms with Crippen LogP contribution in [0.2, 0.25) is 0 Å². The second-order valence-corrected chi connectivity index (χ2v) is 6.11. The lowest BCUT2D eigenvalue weighted by atomic mass is 10.1. The first kappa shape index (κ1) is 12.0. The summed E-state index contributed by atoms with van der Waals surface area (Å²) in [7, 11) is -3.36. The van der Waals surface area contributed by atoms with Gasteiger partial charge in [0.05, 0.1) is 0 Å². The Morgan fingerprint density at radius 1 is 1.11 bits per heavy atom. The predicted molar refractivity (Wildman–Crippen MR) is 66.2 cm³/mol. The van der Waals surface area contributed by atoms with Gasteiger partial charge < -0.3 is 9.84 Å². The highest BCUT2D eigenvalue weighted by molar-refractivity contribution is 7.91. The number of hydrogen-bond donors (Lipinski definition) is 1. The number of aromatic hydroxyl groups is 1. The van der Waals surface area contributed by atoms with Crippen LogP contribution in [0.1, 0.15) is 0 Å². The summed E-state index contributed by atoms with van der Waals surface area (Å²) in [6.45, 7) is 0. The van der Waals surface area contributed by atoms with E-state index in [9.17, 15) is 12.8 Å². The third-order valence-electron chi connectivity index (χ3n) is 2.93. The van der Waals surface area contributed by atoms with Crippen LogP contribution in [0.4, 0.5) is 4.39 Å². The molecule has 0 saturated carbocycles. The molecule has 1 N–H and O–H groups in total. The molecular formula is C13H9FO4S. The molecule has 0 aromatic heterocycles. The fraction of sp³-hybridized carbons (Fsp3) is 0.0769. The smallest absolute Gasteiger partial charge is 0.216 e. The first-order valence-electron chi connectivity index (χ1n) is 5.46. The first-order valence-corrected chi connectivity index (χ1v) is 7.11. The normalized spacial score (nSPS) is 15.8. The molecular weight excluding hydrogens is 271 g/mol. The molecule has 0 fully saturated rings. The van der Waals surface area contributed by atoms with Gasteiger partial charge in [0.1, 0.15) is 10.6 Å². The van der Waals surface area contributed by atoms with Crippen molar-refractivity contribution >= 4 is 9.84 Å². The van der Waals surface area contributed by atoms with Crippen LogP contribution in [0.25, 0.3) is 11.1 Å². The number of hydrogen-bond acceptors (Lipinski definition) is 4. The van der Waals surface area contributed by atoms with Crippen molar-refractivity contribution in [3.05, 3.63) is 42.2 Å². The standard InChI is InChI=1S/C13H9FO4S/c14-10-5-8(1-3-11(10)15)9-2-4-13-12(6-9)18-7-19(13,16)17/h1-6,15H,7H2. The molecule has 1 aliphatic rings. The Morgan fingerprint density at radius 2 is 1.79 bits per heavy atom. The molecule has 0 unspecified atom stereocenters. The molecule has 0 spiro atoms. The second-order valence-electron chi connectivity index (χ2n) is 4.20. The summed E-state index contributed by atoms with van der Waals surface area (Å²) in [6, 6.07) is 8.54. The summed E-state index contributed by atoms with van der Waals surface area (Å²) in [5.74, 6) is -1.25. The van der Waals surface area contributed by atoms with Gasteiger partial charge in [0.2, 0.25) is 9.84 Å². The number of sulfone groups is 1. The van der Waals surface area contributed by atoms with E-state index < -0.39 is 21.4 Å². The van der Waals surface area contributed by atoms with Crippen LogP contribution < -0.4 is 4.74 Å². The number of ether oxygens (including phenoxy) is 1. The van der Waals surface area contributed by atoms with Crippen LogP contribution in [0, 0.1) is 5.82 Å². The van der Waals surface area contributed by atoms with Gasteiger partial charge in [0.25, 0.3) is 0 Å². The summed E-state index contributed by atoms with van der Waals surface area (Å²) < 4.78 is 41.5. The van der Waals surface area contributed by atoms with Crippen LogP contribution in [0.5, 0.6) is 11.5 Å². The Balaban J connectivity index is 2.11. The van der Waals surface area contributed by atoms with Gasteiger partial charge in [-0.25, -0.2) is 12.8 Å². The summed E-state index contributed by atoms with van der Waals surface area (Å²) in [5, 5.41) is 9.14. The van der Waals surface area contributed by atoms with Crippen LogP contribution in [0.3, 0.4) is 0 Å². The lowest BCUT2D eigenvalue weighted by Crippen LogP contribution is -2.01. The molecule has 0 saturated heterocycles. The monoisotopic (exact) mass is 280 g/mol. The van der Waals surface area contributed by atoms with Crippen LogP contribution in [-0.4, -0.2) is 19.5 Å². The molecule has 2 aromatic carbocycles. The Kier molecular flexibility index (Phi) is 2.50. The van der Waals surface area contributed by atoms with Crippen LogP contribution >= 0.6 is 0 Å². The number of fused-ring (bicyclic) bond motifs is 1. The number of halogens is 1. The zero-order valence-electron chi connectivity index (χ0n) is 9.63. The topological polar surface area (TPSA) is 63.6 Å². The number of benzene rings is 2. The zero-order chi connectivity index (χ0) is 13.6. The van der Waals surface area contributed by atoms with Gasteiger partial charge in [-0.05, 0) is 35.4 Å². The van der Waals surface area contributed by atoms with Gasteiger partial charge in [-0.3, -0.25) is 0 Å². The molecule has 98 valence electrons. The highest BCUT2D eigenvalue weighted by Crippen LogP contribution is 2.35. The SMILES string of the molecule is O=S1(=O)COc2cc(-c3ccc(O)c(F)c3)ccc21. The average Bonchev–Trinajstić information content (AvgIpc) is 2.68. The fourth-order valence-corrected chi connectivity index (χ4v) is 3.06. The molecule has 0 atom stereocenters. The van der Waals surface area contributed by atoms with Gasteiger partial charge in [-0.1, -0.05) is 12.1 Å². The van der Waals surface area contributed by atoms with Gasteiger partial charge in [0.15, 0.2) is 17.5 Å². The number of phenols is 1. The first-order chi connectivity index (χ1) is 8.97. The van der Waals surface area contributed by atoms with Crippen LogP contribution in [-0.2, 0) is 9.84 Å². The van der Waals surface area contributed by atoms with E-state index in [1.165, 1.54) is 18.2 Å². The molecule has 0 bridgehead atoms. The lowest BCUT2D eigenvalue weighted by molar-refractivity contribution is 0.390. The summed E-state index contributed by atoms with van der Waals surface area (Å²) in [4.78, 5) is 0.149. The molecule has 0 radical (unpaired) electrons. The molecule has 1 heterocycles. The van der Waals surface area contributed by atoms with E-state index in [1.807, 2.05) is 0 Å². The summed E-state index contributed by atoms with van der Waals surface area (Å²) in [6.07, 6.45) is 0. The van der Waals surface area contributed by atoms with Crippen LogP contribution in [0.15, 0.2) is 41.3 Å². The van der Waals surface area contributed by atoms with E-state index >= 15 is 0 Å². The van der Waals surface area contributed by atoms with E-state index in [4.69, 9.17) is 9.84 Å². The summed E-state index contributed by atoms with van der Waals surface area (Å²) >= 11 is 0. The minimum absolute atomic E-state index is 0.149. The van der Waals surface area contributed by atoms with Crippen molar-refractivity contribution < 1.29 is 22.7 Å². The lowest BCUT2D eigenvalue weighted by Gasteiger charge is -2.04. The Labute approximate surface area is 109 Å². The van der Waals surface area contributed by atoms with Crippen molar-refractivity contribution in [2.45, 2.75) is 4.90 Å². The number of rotatable bonds is 1. The average molecular weight is 280 g/mol. The van der Waals surface area contributed by atoms with Crippen molar-refractivity contribution in [3.8, 4) is 22.6 Å².